The third-order valence-corrected chi connectivity index (χ3v) is 3.46. The van der Waals surface area contributed by atoms with E-state index in [1.807, 2.05) is 24.9 Å². The van der Waals surface area contributed by atoms with Crippen LogP contribution in [0.2, 0.25) is 0 Å². The summed E-state index contributed by atoms with van der Waals surface area (Å²) in [6.45, 7) is 3.45. The first-order valence-electron chi connectivity index (χ1n) is 6.39. The summed E-state index contributed by atoms with van der Waals surface area (Å²) in [6.07, 6.45) is 0.928. The molecule has 0 saturated carbocycles. The van der Waals surface area contributed by atoms with E-state index in [9.17, 15) is 5.11 Å². The molecule has 1 N–H and O–H groups in total. The Hall–Kier alpha value is -1.08. The van der Waals surface area contributed by atoms with E-state index < -0.39 is 6.10 Å². The molecule has 1 aromatic heterocycles. The molecule has 1 aliphatic rings. The molecule has 1 aliphatic heterocycles. The maximum Gasteiger partial charge on any atom is 0.125 e. The molecular weight excluding hydrogens is 246 g/mol. The van der Waals surface area contributed by atoms with Crippen molar-refractivity contribution in [1.29, 1.82) is 0 Å². The second-order valence-corrected chi connectivity index (χ2v) is 4.88. The van der Waals surface area contributed by atoms with E-state index in [2.05, 4.69) is 9.97 Å². The summed E-state index contributed by atoms with van der Waals surface area (Å²) in [6, 6.07) is 1.79. The van der Waals surface area contributed by atoms with E-state index in [1.165, 1.54) is 0 Å². The number of rotatable bonds is 4. The number of likely N-dealkylation sites (N-methyl/N-ethyl adjacent to an activating group) is 1. The average Bonchev–Trinajstić information content (AvgIpc) is 2.39. The number of nitrogens with zero attached hydrogens (tertiary/aromatic N) is 3. The van der Waals surface area contributed by atoms with Gasteiger partial charge < -0.3 is 14.6 Å². The number of aryl methyl sites for hydroxylation is 1. The summed E-state index contributed by atoms with van der Waals surface area (Å²) in [7, 11) is 3.54. The minimum Gasteiger partial charge on any atom is -0.389 e. The molecule has 1 aromatic rings. The lowest BCUT2D eigenvalue weighted by Gasteiger charge is -2.38. The van der Waals surface area contributed by atoms with Crippen molar-refractivity contribution in [3.63, 3.8) is 0 Å². The summed E-state index contributed by atoms with van der Waals surface area (Å²) in [5.74, 6) is 0.751. The largest absolute Gasteiger partial charge is 0.389 e. The van der Waals surface area contributed by atoms with E-state index in [1.54, 1.807) is 13.3 Å². The summed E-state index contributed by atoms with van der Waals surface area (Å²) < 4.78 is 10.7. The highest BCUT2D eigenvalue weighted by atomic mass is 16.5. The molecule has 106 valence electrons. The molecule has 0 unspecified atom stereocenters. The number of aliphatic hydroxyl groups excluding tert-OH is 1. The molecule has 3 atom stereocenters. The van der Waals surface area contributed by atoms with Gasteiger partial charge in [0.1, 0.15) is 18.0 Å². The van der Waals surface area contributed by atoms with Gasteiger partial charge in [-0.15, -0.1) is 0 Å². The van der Waals surface area contributed by atoms with E-state index in [0.29, 0.717) is 19.8 Å². The fraction of sp³-hybridized carbons (Fsp3) is 0.692. The van der Waals surface area contributed by atoms with Gasteiger partial charge in [-0.2, -0.15) is 0 Å². The van der Waals surface area contributed by atoms with Gasteiger partial charge in [0.15, 0.2) is 0 Å². The van der Waals surface area contributed by atoms with Gasteiger partial charge in [-0.3, -0.25) is 4.90 Å². The molecule has 2 heterocycles. The van der Waals surface area contributed by atoms with Crippen molar-refractivity contribution in [2.75, 3.05) is 27.4 Å². The Morgan fingerprint density at radius 2 is 2.32 bits per heavy atom. The van der Waals surface area contributed by atoms with E-state index in [-0.39, 0.29) is 12.1 Å². The van der Waals surface area contributed by atoms with E-state index in [4.69, 9.17) is 9.47 Å². The van der Waals surface area contributed by atoms with Crippen LogP contribution in [0.3, 0.4) is 0 Å². The van der Waals surface area contributed by atoms with Crippen LogP contribution >= 0.6 is 0 Å². The lowest BCUT2D eigenvalue weighted by atomic mass is 10.0. The Kier molecular flexibility index (Phi) is 4.81. The van der Waals surface area contributed by atoms with Crippen molar-refractivity contribution in [3.8, 4) is 0 Å². The molecule has 6 heteroatoms. The van der Waals surface area contributed by atoms with E-state index >= 15 is 0 Å². The van der Waals surface area contributed by atoms with Gasteiger partial charge in [0.05, 0.1) is 24.9 Å². The highest BCUT2D eigenvalue weighted by Gasteiger charge is 2.35. The van der Waals surface area contributed by atoms with Crippen molar-refractivity contribution in [3.05, 3.63) is 23.8 Å². The zero-order valence-electron chi connectivity index (χ0n) is 11.6. The molecular formula is C13H21N3O3. The first kappa shape index (κ1) is 14.3. The first-order chi connectivity index (χ1) is 9.11. The van der Waals surface area contributed by atoms with Crippen LogP contribution in [0.15, 0.2) is 12.3 Å². The number of methoxy groups -OCH3 is 1. The van der Waals surface area contributed by atoms with Gasteiger partial charge in [0.25, 0.3) is 0 Å². The lowest BCUT2D eigenvalue weighted by molar-refractivity contribution is -0.142. The number of hydrogen-bond donors (Lipinski definition) is 1. The quantitative estimate of drug-likeness (QED) is 0.827. The Morgan fingerprint density at radius 1 is 1.53 bits per heavy atom. The standard InChI is InChI=1S/C13H21N3O3/c1-9-14-5-4-10(15-9)6-16(2)11-7-19-8-12(18-3)13(11)17/h4-5,11-13,17H,6-8H2,1-3H3/t11-,12-,13+/m1/s1. The number of ether oxygens (including phenoxy) is 2. The van der Waals surface area contributed by atoms with Crippen LogP contribution in [0.5, 0.6) is 0 Å². The average molecular weight is 267 g/mol. The van der Waals surface area contributed by atoms with Crippen molar-refractivity contribution >= 4 is 0 Å². The van der Waals surface area contributed by atoms with Crippen LogP contribution in [-0.4, -0.2) is 65.6 Å². The van der Waals surface area contributed by atoms with Gasteiger partial charge >= 0.3 is 0 Å². The van der Waals surface area contributed by atoms with Crippen LogP contribution < -0.4 is 0 Å². The first-order valence-corrected chi connectivity index (χ1v) is 6.39. The molecule has 0 bridgehead atoms. The molecule has 1 fully saturated rings. The topological polar surface area (TPSA) is 67.7 Å². The monoisotopic (exact) mass is 267 g/mol. The van der Waals surface area contributed by atoms with Crippen LogP contribution in [0.1, 0.15) is 11.5 Å². The minimum atomic E-state index is -0.549. The highest BCUT2D eigenvalue weighted by Crippen LogP contribution is 2.17. The predicted molar refractivity (Wildman–Crippen MR) is 69.6 cm³/mol. The van der Waals surface area contributed by atoms with Gasteiger partial charge in [-0.1, -0.05) is 0 Å². The van der Waals surface area contributed by atoms with Crippen molar-refractivity contribution in [2.45, 2.75) is 31.7 Å². The second kappa shape index (κ2) is 6.38. The predicted octanol–water partition coefficient (Wildman–Crippen LogP) is -0.00848. The van der Waals surface area contributed by atoms with Crippen LogP contribution in [-0.2, 0) is 16.0 Å². The SMILES string of the molecule is CO[C@@H]1COC[C@@H](N(C)Cc2ccnc(C)n2)[C@@H]1O. The van der Waals surface area contributed by atoms with Gasteiger partial charge in [0.2, 0.25) is 0 Å². The second-order valence-electron chi connectivity index (χ2n) is 4.88. The Labute approximate surface area is 113 Å². The maximum absolute atomic E-state index is 10.3. The van der Waals surface area contributed by atoms with Crippen molar-refractivity contribution < 1.29 is 14.6 Å². The molecule has 0 aliphatic carbocycles. The molecule has 6 nitrogen and oxygen atoms in total. The molecule has 2 rings (SSSR count). The number of hydrogen-bond acceptors (Lipinski definition) is 6. The summed E-state index contributed by atoms with van der Waals surface area (Å²) >= 11 is 0. The molecule has 0 aromatic carbocycles. The number of aromatic nitrogens is 2. The normalized spacial score (nSPS) is 27.7. The molecule has 19 heavy (non-hydrogen) atoms. The third kappa shape index (κ3) is 3.48. The smallest absolute Gasteiger partial charge is 0.125 e. The molecule has 1 saturated heterocycles. The van der Waals surface area contributed by atoms with E-state index in [0.717, 1.165) is 11.5 Å². The molecule has 0 radical (unpaired) electrons. The lowest BCUT2D eigenvalue weighted by Crippen LogP contribution is -2.55. The highest BCUT2D eigenvalue weighted by molar-refractivity contribution is 5.02. The zero-order valence-corrected chi connectivity index (χ0v) is 11.6. The van der Waals surface area contributed by atoms with Gasteiger partial charge in [0, 0.05) is 19.9 Å². The Balaban J connectivity index is 2.00. The van der Waals surface area contributed by atoms with Gasteiger partial charge in [-0.05, 0) is 20.0 Å². The van der Waals surface area contributed by atoms with Crippen molar-refractivity contribution in [2.24, 2.45) is 0 Å². The zero-order chi connectivity index (χ0) is 13.8. The molecule has 0 amide bonds. The fourth-order valence-electron chi connectivity index (χ4n) is 2.31. The fourth-order valence-corrected chi connectivity index (χ4v) is 2.31. The Morgan fingerprint density at radius 3 is 3.00 bits per heavy atom. The third-order valence-electron chi connectivity index (χ3n) is 3.46. The van der Waals surface area contributed by atoms with Crippen molar-refractivity contribution in [1.82, 2.24) is 14.9 Å². The van der Waals surface area contributed by atoms with Gasteiger partial charge in [-0.25, -0.2) is 9.97 Å². The minimum absolute atomic E-state index is 0.0889. The summed E-state index contributed by atoms with van der Waals surface area (Å²) in [4.78, 5) is 10.5. The van der Waals surface area contributed by atoms with Crippen LogP contribution in [0, 0.1) is 6.92 Å². The molecule has 0 spiro atoms. The van der Waals surface area contributed by atoms with Crippen LogP contribution in [0.4, 0.5) is 0 Å². The summed E-state index contributed by atoms with van der Waals surface area (Å²) in [5, 5.41) is 10.3. The van der Waals surface area contributed by atoms with Crippen LogP contribution in [0.25, 0.3) is 0 Å². The number of aliphatic hydroxyl groups is 1. The summed E-state index contributed by atoms with van der Waals surface area (Å²) in [5.41, 5.74) is 0.932. The maximum atomic E-state index is 10.3. The Bertz CT molecular complexity index is 416.